The van der Waals surface area contributed by atoms with Gasteiger partial charge in [0.25, 0.3) is 5.91 Å². The lowest BCUT2D eigenvalue weighted by atomic mass is 9.92. The Bertz CT molecular complexity index is 665. The molecule has 0 radical (unpaired) electrons. The van der Waals surface area contributed by atoms with E-state index in [1.807, 2.05) is 13.8 Å². The number of aromatic nitrogens is 2. The molecule has 2 rings (SSSR count). The molecule has 6 heteroatoms. The average molecular weight is 305 g/mol. The highest BCUT2D eigenvalue weighted by Gasteiger charge is 2.26. The van der Waals surface area contributed by atoms with Crippen LogP contribution in [0.25, 0.3) is 11.3 Å². The van der Waals surface area contributed by atoms with Crippen molar-refractivity contribution in [2.75, 3.05) is 6.54 Å². The van der Waals surface area contributed by atoms with Crippen LogP contribution in [0.1, 0.15) is 31.1 Å². The van der Waals surface area contributed by atoms with E-state index in [1.54, 1.807) is 25.1 Å². The third-order valence-electron chi connectivity index (χ3n) is 3.88. The van der Waals surface area contributed by atoms with Gasteiger partial charge >= 0.3 is 0 Å². The van der Waals surface area contributed by atoms with Gasteiger partial charge < -0.3 is 10.4 Å². The first kappa shape index (κ1) is 16.2. The molecular weight excluding hydrogens is 285 g/mol. The number of amides is 1. The lowest BCUT2D eigenvalue weighted by molar-refractivity contribution is 0.0142. The molecule has 1 atom stereocenters. The quantitative estimate of drug-likeness (QED) is 0.793. The number of hydrogen-bond donors (Lipinski definition) is 3. The highest BCUT2D eigenvalue weighted by atomic mass is 19.1. The zero-order valence-electron chi connectivity index (χ0n) is 12.9. The van der Waals surface area contributed by atoms with Crippen LogP contribution >= 0.6 is 0 Å². The summed E-state index contributed by atoms with van der Waals surface area (Å²) in [5, 5.41) is 19.3. The van der Waals surface area contributed by atoms with Crippen LogP contribution in [0, 0.1) is 11.7 Å². The van der Waals surface area contributed by atoms with Crippen molar-refractivity contribution in [1.29, 1.82) is 0 Å². The van der Waals surface area contributed by atoms with Crippen molar-refractivity contribution in [2.24, 2.45) is 5.92 Å². The Morgan fingerprint density at radius 3 is 2.77 bits per heavy atom. The molecule has 118 valence electrons. The summed E-state index contributed by atoms with van der Waals surface area (Å²) in [6, 6.07) is 6.16. The number of carbonyl (C=O) groups excluding carboxylic acids is 1. The van der Waals surface area contributed by atoms with Crippen LogP contribution in [0.2, 0.25) is 0 Å². The minimum atomic E-state index is -1.02. The lowest BCUT2D eigenvalue weighted by Gasteiger charge is -2.27. The van der Waals surface area contributed by atoms with Gasteiger partial charge in [0.1, 0.15) is 5.82 Å². The van der Waals surface area contributed by atoms with Gasteiger partial charge in [-0.3, -0.25) is 9.89 Å². The molecule has 1 unspecified atom stereocenters. The summed E-state index contributed by atoms with van der Waals surface area (Å²) in [7, 11) is 0. The monoisotopic (exact) mass is 305 g/mol. The Morgan fingerprint density at radius 2 is 2.14 bits per heavy atom. The third-order valence-corrected chi connectivity index (χ3v) is 3.88. The summed E-state index contributed by atoms with van der Waals surface area (Å²) < 4.78 is 13.9. The summed E-state index contributed by atoms with van der Waals surface area (Å²) >= 11 is 0. The molecular formula is C16H20FN3O2. The van der Waals surface area contributed by atoms with E-state index < -0.39 is 17.3 Å². The highest BCUT2D eigenvalue weighted by Crippen LogP contribution is 2.24. The zero-order chi connectivity index (χ0) is 16.3. The maximum atomic E-state index is 13.9. The standard InChI is InChI=1S/C16H20FN3O2/c1-10(2)16(3,22)9-18-15(21)12-8-19-20-14(12)11-6-4-5-7-13(11)17/h4-8,10,22H,9H2,1-3H3,(H,18,21)(H,19,20). The van der Waals surface area contributed by atoms with Crippen molar-refractivity contribution in [1.82, 2.24) is 15.5 Å². The summed E-state index contributed by atoms with van der Waals surface area (Å²) in [5.41, 5.74) is -0.178. The second-order valence-electron chi connectivity index (χ2n) is 5.83. The summed E-state index contributed by atoms with van der Waals surface area (Å²) in [5.74, 6) is -0.855. The Balaban J connectivity index is 2.20. The van der Waals surface area contributed by atoms with E-state index in [9.17, 15) is 14.3 Å². The van der Waals surface area contributed by atoms with Crippen molar-refractivity contribution < 1.29 is 14.3 Å². The van der Waals surface area contributed by atoms with Gasteiger partial charge in [-0.25, -0.2) is 4.39 Å². The molecule has 3 N–H and O–H groups in total. The van der Waals surface area contributed by atoms with Gasteiger partial charge in [-0.2, -0.15) is 5.10 Å². The molecule has 1 amide bonds. The number of carbonyl (C=O) groups is 1. The van der Waals surface area contributed by atoms with Crippen LogP contribution in [0.5, 0.6) is 0 Å². The van der Waals surface area contributed by atoms with Crippen LogP contribution in [-0.4, -0.2) is 33.4 Å². The molecule has 5 nitrogen and oxygen atoms in total. The Morgan fingerprint density at radius 1 is 1.45 bits per heavy atom. The Kier molecular flexibility index (Phi) is 4.61. The van der Waals surface area contributed by atoms with Gasteiger partial charge in [0.2, 0.25) is 0 Å². The number of benzene rings is 1. The molecule has 0 aliphatic carbocycles. The normalized spacial score (nSPS) is 13.9. The van der Waals surface area contributed by atoms with Crippen LogP contribution < -0.4 is 5.32 Å². The number of halogens is 1. The molecule has 0 saturated heterocycles. The van der Waals surface area contributed by atoms with Crippen LogP contribution in [0.4, 0.5) is 4.39 Å². The van der Waals surface area contributed by atoms with Crippen molar-refractivity contribution in [3.05, 3.63) is 41.8 Å². The van der Waals surface area contributed by atoms with Gasteiger partial charge in [-0.15, -0.1) is 0 Å². The molecule has 2 aromatic rings. The smallest absolute Gasteiger partial charge is 0.255 e. The number of aliphatic hydroxyl groups is 1. The first-order chi connectivity index (χ1) is 10.3. The second kappa shape index (κ2) is 6.27. The topological polar surface area (TPSA) is 78.0 Å². The van der Waals surface area contributed by atoms with Gasteiger partial charge in [0.05, 0.1) is 23.1 Å². The van der Waals surface area contributed by atoms with E-state index in [-0.39, 0.29) is 23.6 Å². The van der Waals surface area contributed by atoms with Crippen molar-refractivity contribution in [3.63, 3.8) is 0 Å². The van der Waals surface area contributed by atoms with Crippen LogP contribution in [0.3, 0.4) is 0 Å². The number of rotatable bonds is 5. The SMILES string of the molecule is CC(C)C(C)(O)CNC(=O)c1cn[nH]c1-c1ccccc1F. The number of nitrogens with one attached hydrogen (secondary N) is 2. The molecule has 1 aromatic carbocycles. The maximum absolute atomic E-state index is 13.9. The fourth-order valence-electron chi connectivity index (χ4n) is 1.89. The van der Waals surface area contributed by atoms with Gasteiger partial charge in [-0.1, -0.05) is 26.0 Å². The second-order valence-corrected chi connectivity index (χ2v) is 5.83. The fourth-order valence-corrected chi connectivity index (χ4v) is 1.89. The summed E-state index contributed by atoms with van der Waals surface area (Å²) in [6.45, 7) is 5.50. The number of hydrogen-bond acceptors (Lipinski definition) is 3. The number of aromatic amines is 1. The Hall–Kier alpha value is -2.21. The zero-order valence-corrected chi connectivity index (χ0v) is 12.9. The number of nitrogens with zero attached hydrogens (tertiary/aromatic N) is 1. The predicted octanol–water partition coefficient (Wildman–Crippen LogP) is 2.35. The first-order valence-electron chi connectivity index (χ1n) is 7.12. The fraction of sp³-hybridized carbons (Fsp3) is 0.375. The number of H-pyrrole nitrogens is 1. The van der Waals surface area contributed by atoms with E-state index in [0.29, 0.717) is 5.69 Å². The van der Waals surface area contributed by atoms with Crippen LogP contribution in [0.15, 0.2) is 30.5 Å². The summed E-state index contributed by atoms with van der Waals surface area (Å²) in [6.07, 6.45) is 1.35. The van der Waals surface area contributed by atoms with Gasteiger partial charge in [0, 0.05) is 12.1 Å². The molecule has 1 heterocycles. The third kappa shape index (κ3) is 3.33. The molecule has 0 spiro atoms. The molecule has 0 aliphatic rings. The Labute approximate surface area is 128 Å². The van der Waals surface area contributed by atoms with E-state index in [2.05, 4.69) is 15.5 Å². The molecule has 0 bridgehead atoms. The molecule has 22 heavy (non-hydrogen) atoms. The van der Waals surface area contributed by atoms with E-state index in [0.717, 1.165) is 0 Å². The largest absolute Gasteiger partial charge is 0.388 e. The van der Waals surface area contributed by atoms with Gasteiger partial charge in [-0.05, 0) is 25.0 Å². The van der Waals surface area contributed by atoms with Crippen molar-refractivity contribution in [3.8, 4) is 11.3 Å². The van der Waals surface area contributed by atoms with Gasteiger partial charge in [0.15, 0.2) is 0 Å². The highest BCUT2D eigenvalue weighted by molar-refractivity contribution is 5.99. The van der Waals surface area contributed by atoms with Crippen LogP contribution in [-0.2, 0) is 0 Å². The van der Waals surface area contributed by atoms with E-state index >= 15 is 0 Å². The van der Waals surface area contributed by atoms with E-state index in [1.165, 1.54) is 12.3 Å². The minimum Gasteiger partial charge on any atom is -0.388 e. The minimum absolute atomic E-state index is 0.0109. The molecule has 0 aliphatic heterocycles. The van der Waals surface area contributed by atoms with E-state index in [4.69, 9.17) is 0 Å². The molecule has 0 saturated carbocycles. The molecule has 0 fully saturated rings. The maximum Gasteiger partial charge on any atom is 0.255 e. The molecule has 1 aromatic heterocycles. The van der Waals surface area contributed by atoms with Crippen molar-refractivity contribution >= 4 is 5.91 Å². The average Bonchev–Trinajstić information content (AvgIpc) is 2.94. The lowest BCUT2D eigenvalue weighted by Crippen LogP contribution is -2.44. The first-order valence-corrected chi connectivity index (χ1v) is 7.12. The van der Waals surface area contributed by atoms with Crippen molar-refractivity contribution in [2.45, 2.75) is 26.4 Å². The summed E-state index contributed by atoms with van der Waals surface area (Å²) in [4.78, 5) is 12.3. The predicted molar refractivity (Wildman–Crippen MR) is 81.8 cm³/mol.